The molecule has 3 heterocycles. The molecule has 0 saturated carbocycles. The van der Waals surface area contributed by atoms with Crippen LogP contribution in [0.2, 0.25) is 5.02 Å². The lowest BCUT2D eigenvalue weighted by atomic mass is 10.2. The van der Waals surface area contributed by atoms with Crippen LogP contribution in [0.1, 0.15) is 21.6 Å². The number of nitrogens with zero attached hydrogens (tertiary/aromatic N) is 3. The van der Waals surface area contributed by atoms with E-state index in [0.717, 1.165) is 12.3 Å². The number of thiophene rings is 1. The molecule has 0 radical (unpaired) electrons. The maximum Gasteiger partial charge on any atom is 0.433 e. The van der Waals surface area contributed by atoms with Gasteiger partial charge in [0.15, 0.2) is 11.3 Å². The van der Waals surface area contributed by atoms with Crippen molar-refractivity contribution in [3.63, 3.8) is 0 Å². The molecule has 4 rings (SSSR count). The molecular weight excluding hydrogens is 425 g/mol. The molecule has 0 saturated heterocycles. The second-order valence-electron chi connectivity index (χ2n) is 6.16. The Kier molecular flexibility index (Phi) is 4.79. The zero-order valence-electron chi connectivity index (χ0n) is 14.8. The van der Waals surface area contributed by atoms with E-state index in [0.29, 0.717) is 25.7 Å². The molecule has 0 aliphatic rings. The lowest BCUT2D eigenvalue weighted by Crippen LogP contribution is -2.16. The van der Waals surface area contributed by atoms with Crippen LogP contribution in [0.3, 0.4) is 0 Å². The maximum absolute atomic E-state index is 13.6. The minimum absolute atomic E-state index is 0.0757. The number of halogens is 4. The van der Waals surface area contributed by atoms with Gasteiger partial charge >= 0.3 is 6.18 Å². The lowest BCUT2D eigenvalue weighted by molar-refractivity contribution is -0.142. The van der Waals surface area contributed by atoms with Gasteiger partial charge < -0.3 is 5.32 Å². The quantitative estimate of drug-likeness (QED) is 0.448. The van der Waals surface area contributed by atoms with Gasteiger partial charge in [-0.1, -0.05) is 23.7 Å². The van der Waals surface area contributed by atoms with E-state index in [9.17, 15) is 18.0 Å². The van der Waals surface area contributed by atoms with Crippen LogP contribution in [-0.4, -0.2) is 20.5 Å². The first-order chi connectivity index (χ1) is 13.8. The van der Waals surface area contributed by atoms with E-state index < -0.39 is 17.8 Å². The Balaban J connectivity index is 1.84. The third-order valence-corrected chi connectivity index (χ3v) is 5.60. The SMILES string of the molecule is Cc1c(Cl)cccc1NC(=O)c1cnn2c(C(F)(F)F)cc(-c3cccs3)nc12. The molecule has 148 valence electrons. The standard InChI is InChI=1S/C19H12ClF3N4OS/c1-10-12(20)4-2-5-13(10)26-18(28)11-9-24-27-16(19(21,22)23)8-14(25-17(11)27)15-6-3-7-29-15/h2-9H,1H3,(H,26,28). The van der Waals surface area contributed by atoms with Gasteiger partial charge in [0.2, 0.25) is 0 Å². The minimum atomic E-state index is -4.67. The summed E-state index contributed by atoms with van der Waals surface area (Å²) in [5.74, 6) is -0.630. The minimum Gasteiger partial charge on any atom is -0.322 e. The summed E-state index contributed by atoms with van der Waals surface area (Å²) in [6, 6.07) is 9.29. The van der Waals surface area contributed by atoms with Gasteiger partial charge in [-0.3, -0.25) is 4.79 Å². The normalized spacial score (nSPS) is 11.8. The molecule has 0 fully saturated rings. The highest BCUT2D eigenvalue weighted by Crippen LogP contribution is 2.34. The van der Waals surface area contributed by atoms with Crippen molar-refractivity contribution in [3.8, 4) is 10.6 Å². The van der Waals surface area contributed by atoms with Gasteiger partial charge in [0.1, 0.15) is 5.56 Å². The summed E-state index contributed by atoms with van der Waals surface area (Å²) in [6.07, 6.45) is -3.60. The Hall–Kier alpha value is -2.91. The van der Waals surface area contributed by atoms with Crippen LogP contribution in [-0.2, 0) is 6.18 Å². The maximum atomic E-state index is 13.6. The topological polar surface area (TPSA) is 59.3 Å². The summed E-state index contributed by atoms with van der Waals surface area (Å²) in [4.78, 5) is 17.6. The summed E-state index contributed by atoms with van der Waals surface area (Å²) < 4.78 is 41.4. The van der Waals surface area contributed by atoms with Gasteiger partial charge in [0, 0.05) is 10.7 Å². The van der Waals surface area contributed by atoms with Crippen LogP contribution in [0.4, 0.5) is 18.9 Å². The molecule has 29 heavy (non-hydrogen) atoms. The lowest BCUT2D eigenvalue weighted by Gasteiger charge is -2.11. The van der Waals surface area contributed by atoms with Crippen molar-refractivity contribution in [2.24, 2.45) is 0 Å². The fourth-order valence-corrected chi connectivity index (χ4v) is 3.67. The number of rotatable bonds is 3. The molecule has 1 amide bonds. The number of amides is 1. The van der Waals surface area contributed by atoms with Gasteiger partial charge in [-0.2, -0.15) is 18.3 Å². The van der Waals surface area contributed by atoms with E-state index in [1.54, 1.807) is 42.6 Å². The fraction of sp³-hybridized carbons (Fsp3) is 0.105. The average Bonchev–Trinajstić information content (AvgIpc) is 3.33. The Bertz CT molecular complexity index is 1220. The van der Waals surface area contributed by atoms with E-state index in [-0.39, 0.29) is 16.9 Å². The number of aromatic nitrogens is 3. The van der Waals surface area contributed by atoms with Crippen LogP contribution in [0.25, 0.3) is 16.2 Å². The summed E-state index contributed by atoms with van der Waals surface area (Å²) in [5.41, 5.74) is -0.0552. The summed E-state index contributed by atoms with van der Waals surface area (Å²) in [6.45, 7) is 1.73. The number of nitrogens with one attached hydrogen (secondary N) is 1. The van der Waals surface area contributed by atoms with Crippen LogP contribution in [0.15, 0.2) is 48.0 Å². The van der Waals surface area contributed by atoms with E-state index >= 15 is 0 Å². The summed E-state index contributed by atoms with van der Waals surface area (Å²) >= 11 is 7.31. The monoisotopic (exact) mass is 436 g/mol. The molecule has 10 heteroatoms. The van der Waals surface area contributed by atoms with Crippen molar-refractivity contribution in [1.82, 2.24) is 14.6 Å². The summed E-state index contributed by atoms with van der Waals surface area (Å²) in [5, 5.41) is 8.62. The van der Waals surface area contributed by atoms with Crippen LogP contribution in [0, 0.1) is 6.92 Å². The molecule has 3 aromatic heterocycles. The zero-order chi connectivity index (χ0) is 20.8. The van der Waals surface area contributed by atoms with E-state index in [1.807, 2.05) is 0 Å². The van der Waals surface area contributed by atoms with Crippen LogP contribution in [0.5, 0.6) is 0 Å². The highest BCUT2D eigenvalue weighted by atomic mass is 35.5. The van der Waals surface area contributed by atoms with Crippen LogP contribution >= 0.6 is 22.9 Å². The van der Waals surface area contributed by atoms with Gasteiger partial charge in [0.05, 0.1) is 16.8 Å². The Morgan fingerprint density at radius 3 is 2.72 bits per heavy atom. The number of benzene rings is 1. The van der Waals surface area contributed by atoms with Crippen molar-refractivity contribution in [1.29, 1.82) is 0 Å². The zero-order valence-corrected chi connectivity index (χ0v) is 16.4. The Morgan fingerprint density at radius 1 is 1.24 bits per heavy atom. The third-order valence-electron chi connectivity index (χ3n) is 4.30. The van der Waals surface area contributed by atoms with Crippen molar-refractivity contribution >= 4 is 40.2 Å². The molecule has 0 unspecified atom stereocenters. The molecule has 4 aromatic rings. The van der Waals surface area contributed by atoms with Gasteiger partial charge in [-0.05, 0) is 42.1 Å². The molecule has 5 nitrogen and oxygen atoms in total. The molecular formula is C19H12ClF3N4OS. The van der Waals surface area contributed by atoms with Crippen molar-refractivity contribution in [2.45, 2.75) is 13.1 Å². The summed E-state index contributed by atoms with van der Waals surface area (Å²) in [7, 11) is 0. The van der Waals surface area contributed by atoms with E-state index in [4.69, 9.17) is 11.6 Å². The van der Waals surface area contributed by atoms with Crippen molar-refractivity contribution in [3.05, 3.63) is 69.8 Å². The van der Waals surface area contributed by atoms with Gasteiger partial charge in [0.25, 0.3) is 5.91 Å². The molecule has 0 atom stereocenters. The number of carbonyl (C=O) groups excluding carboxylic acids is 1. The second kappa shape index (κ2) is 7.16. The molecule has 1 aromatic carbocycles. The third kappa shape index (κ3) is 3.58. The molecule has 0 bridgehead atoms. The molecule has 0 spiro atoms. The highest BCUT2D eigenvalue weighted by Gasteiger charge is 2.36. The highest BCUT2D eigenvalue weighted by molar-refractivity contribution is 7.13. The predicted molar refractivity (Wildman–Crippen MR) is 105 cm³/mol. The predicted octanol–water partition coefficient (Wildman–Crippen LogP) is 5.69. The van der Waals surface area contributed by atoms with Crippen molar-refractivity contribution in [2.75, 3.05) is 5.32 Å². The van der Waals surface area contributed by atoms with E-state index in [1.165, 1.54) is 11.3 Å². The smallest absolute Gasteiger partial charge is 0.322 e. The van der Waals surface area contributed by atoms with Crippen molar-refractivity contribution < 1.29 is 18.0 Å². The number of hydrogen-bond acceptors (Lipinski definition) is 4. The number of anilines is 1. The largest absolute Gasteiger partial charge is 0.433 e. The van der Waals surface area contributed by atoms with Crippen LogP contribution < -0.4 is 5.32 Å². The molecule has 0 aliphatic heterocycles. The Labute approximate surface area is 171 Å². The molecule has 0 aliphatic carbocycles. The first-order valence-electron chi connectivity index (χ1n) is 8.32. The fourth-order valence-electron chi connectivity index (χ4n) is 2.81. The number of carbonyl (C=O) groups is 1. The van der Waals surface area contributed by atoms with Gasteiger partial charge in [-0.25, -0.2) is 9.50 Å². The number of fused-ring (bicyclic) bond motifs is 1. The second-order valence-corrected chi connectivity index (χ2v) is 7.52. The first-order valence-corrected chi connectivity index (χ1v) is 9.58. The first kappa shape index (κ1) is 19.4. The van der Waals surface area contributed by atoms with Gasteiger partial charge in [-0.15, -0.1) is 11.3 Å². The molecule has 1 N–H and O–H groups in total. The average molecular weight is 437 g/mol. The number of alkyl halides is 3. The van der Waals surface area contributed by atoms with E-state index in [2.05, 4.69) is 15.4 Å². The number of hydrogen-bond donors (Lipinski definition) is 1. The Morgan fingerprint density at radius 2 is 2.03 bits per heavy atom.